The van der Waals surface area contributed by atoms with Gasteiger partial charge in [0.2, 0.25) is 5.91 Å². The number of aliphatic hydroxyl groups excluding tert-OH is 1. The fraction of sp³-hybridized carbons (Fsp3) is 0.562. The Bertz CT molecular complexity index is 421. The van der Waals surface area contributed by atoms with Crippen LogP contribution >= 0.6 is 0 Å². The van der Waals surface area contributed by atoms with Crippen LogP contribution in [0.2, 0.25) is 0 Å². The van der Waals surface area contributed by atoms with Crippen molar-refractivity contribution in [2.24, 2.45) is 5.92 Å². The van der Waals surface area contributed by atoms with E-state index in [9.17, 15) is 9.90 Å². The fourth-order valence-electron chi connectivity index (χ4n) is 2.46. The zero-order valence-electron chi connectivity index (χ0n) is 12.0. The van der Waals surface area contributed by atoms with Gasteiger partial charge in [-0.1, -0.05) is 25.1 Å². The summed E-state index contributed by atoms with van der Waals surface area (Å²) in [6.45, 7) is 3.70. The average molecular weight is 277 g/mol. The summed E-state index contributed by atoms with van der Waals surface area (Å²) in [4.78, 5) is 14.0. The number of amides is 1. The monoisotopic (exact) mass is 277 g/mol. The average Bonchev–Trinajstić information content (AvgIpc) is 2.47. The van der Waals surface area contributed by atoms with Crippen molar-refractivity contribution in [3.8, 4) is 5.75 Å². The van der Waals surface area contributed by atoms with E-state index in [2.05, 4.69) is 0 Å². The van der Waals surface area contributed by atoms with Crippen molar-refractivity contribution in [3.05, 3.63) is 30.3 Å². The molecule has 2 rings (SSSR count). The van der Waals surface area contributed by atoms with Gasteiger partial charge in [-0.2, -0.15) is 0 Å². The second-order valence-electron chi connectivity index (χ2n) is 5.43. The van der Waals surface area contributed by atoms with Gasteiger partial charge in [-0.15, -0.1) is 0 Å². The number of piperidine rings is 1. The predicted octanol–water partition coefficient (Wildman–Crippen LogP) is 2.07. The summed E-state index contributed by atoms with van der Waals surface area (Å²) in [7, 11) is 0. The van der Waals surface area contributed by atoms with E-state index in [1.807, 2.05) is 37.3 Å². The molecule has 1 aliphatic rings. The van der Waals surface area contributed by atoms with Gasteiger partial charge >= 0.3 is 0 Å². The Hall–Kier alpha value is -1.55. The van der Waals surface area contributed by atoms with E-state index in [1.165, 1.54) is 0 Å². The van der Waals surface area contributed by atoms with Gasteiger partial charge in [0.25, 0.3) is 0 Å². The molecular formula is C16H23NO3. The molecule has 1 heterocycles. The highest BCUT2D eigenvalue weighted by Gasteiger charge is 2.25. The van der Waals surface area contributed by atoms with Crippen molar-refractivity contribution < 1.29 is 14.6 Å². The molecule has 4 heteroatoms. The molecule has 0 unspecified atom stereocenters. The molecule has 20 heavy (non-hydrogen) atoms. The minimum Gasteiger partial charge on any atom is -0.494 e. The third-order valence-corrected chi connectivity index (χ3v) is 3.69. The maximum Gasteiger partial charge on any atom is 0.225 e. The molecule has 1 amide bonds. The lowest BCUT2D eigenvalue weighted by Crippen LogP contribution is -2.44. The highest BCUT2D eigenvalue weighted by Crippen LogP contribution is 2.16. The van der Waals surface area contributed by atoms with Gasteiger partial charge in [-0.3, -0.25) is 4.79 Å². The van der Waals surface area contributed by atoms with Gasteiger partial charge in [0.15, 0.2) is 0 Å². The summed E-state index contributed by atoms with van der Waals surface area (Å²) in [5, 5.41) is 9.62. The third-order valence-electron chi connectivity index (χ3n) is 3.69. The standard InChI is InChI=1S/C16H23NO3/c1-13(9-11-20-15-7-3-2-4-8-15)16(19)17-10-5-6-14(18)12-17/h2-4,7-8,13-14,18H,5-6,9-12H2,1H3/t13-,14+/m0/s1. The van der Waals surface area contributed by atoms with Crippen LogP contribution in [0.3, 0.4) is 0 Å². The zero-order valence-corrected chi connectivity index (χ0v) is 12.0. The minimum atomic E-state index is -0.361. The summed E-state index contributed by atoms with van der Waals surface area (Å²) in [5.41, 5.74) is 0. The van der Waals surface area contributed by atoms with Crippen LogP contribution in [0.15, 0.2) is 30.3 Å². The summed E-state index contributed by atoms with van der Waals surface area (Å²) in [6, 6.07) is 9.62. The molecule has 0 saturated carbocycles. The number of aliphatic hydroxyl groups is 1. The quantitative estimate of drug-likeness (QED) is 0.896. The molecule has 2 atom stereocenters. The Labute approximate surface area is 120 Å². The first kappa shape index (κ1) is 14.9. The van der Waals surface area contributed by atoms with Gasteiger partial charge in [0, 0.05) is 19.0 Å². The SMILES string of the molecule is C[C@@H](CCOc1ccccc1)C(=O)N1CCC[C@@H](O)C1. The molecule has 0 aliphatic carbocycles. The van der Waals surface area contributed by atoms with Crippen LogP contribution in [0.5, 0.6) is 5.75 Å². The molecule has 0 radical (unpaired) electrons. The van der Waals surface area contributed by atoms with Crippen molar-refractivity contribution in [3.63, 3.8) is 0 Å². The topological polar surface area (TPSA) is 49.8 Å². The van der Waals surface area contributed by atoms with Crippen molar-refractivity contribution in [1.29, 1.82) is 0 Å². The molecule has 0 spiro atoms. The third kappa shape index (κ3) is 4.23. The van der Waals surface area contributed by atoms with E-state index < -0.39 is 0 Å². The van der Waals surface area contributed by atoms with Crippen LogP contribution in [0, 0.1) is 5.92 Å². The molecule has 110 valence electrons. The van der Waals surface area contributed by atoms with E-state index >= 15 is 0 Å². The van der Waals surface area contributed by atoms with E-state index in [0.29, 0.717) is 19.6 Å². The molecule has 1 aromatic rings. The maximum atomic E-state index is 12.2. The van der Waals surface area contributed by atoms with Crippen molar-refractivity contribution in [1.82, 2.24) is 4.90 Å². The van der Waals surface area contributed by atoms with Crippen LogP contribution in [0.1, 0.15) is 26.2 Å². The molecular weight excluding hydrogens is 254 g/mol. The smallest absolute Gasteiger partial charge is 0.225 e. The number of ether oxygens (including phenoxy) is 1. The Balaban J connectivity index is 1.73. The Morgan fingerprint density at radius 3 is 2.90 bits per heavy atom. The molecule has 4 nitrogen and oxygen atoms in total. The number of carbonyl (C=O) groups excluding carboxylic acids is 1. The second kappa shape index (κ2) is 7.29. The molecule has 1 aromatic carbocycles. The second-order valence-corrected chi connectivity index (χ2v) is 5.43. The Kier molecular flexibility index (Phi) is 5.41. The van der Waals surface area contributed by atoms with Crippen LogP contribution in [-0.4, -0.2) is 41.7 Å². The normalized spacial score (nSPS) is 20.5. The first-order chi connectivity index (χ1) is 9.66. The summed E-state index contributed by atoms with van der Waals surface area (Å²) in [5.74, 6) is 0.893. The predicted molar refractivity (Wildman–Crippen MR) is 77.5 cm³/mol. The van der Waals surface area contributed by atoms with Crippen LogP contribution < -0.4 is 4.74 Å². The van der Waals surface area contributed by atoms with Gasteiger partial charge in [0.05, 0.1) is 12.7 Å². The van der Waals surface area contributed by atoms with Crippen molar-refractivity contribution >= 4 is 5.91 Å². The maximum absolute atomic E-state index is 12.2. The number of hydrogen-bond donors (Lipinski definition) is 1. The minimum absolute atomic E-state index is 0.0657. The number of rotatable bonds is 5. The lowest BCUT2D eigenvalue weighted by atomic mass is 10.0. The lowest BCUT2D eigenvalue weighted by Gasteiger charge is -2.32. The Morgan fingerprint density at radius 1 is 1.45 bits per heavy atom. The largest absolute Gasteiger partial charge is 0.494 e. The highest BCUT2D eigenvalue weighted by molar-refractivity contribution is 5.78. The van der Waals surface area contributed by atoms with Gasteiger partial charge in [-0.25, -0.2) is 0 Å². The number of carbonyl (C=O) groups is 1. The molecule has 1 saturated heterocycles. The highest BCUT2D eigenvalue weighted by atomic mass is 16.5. The van der Waals surface area contributed by atoms with Crippen LogP contribution in [0.4, 0.5) is 0 Å². The number of hydrogen-bond acceptors (Lipinski definition) is 3. The number of para-hydroxylation sites is 1. The van der Waals surface area contributed by atoms with Gasteiger partial charge in [0.1, 0.15) is 5.75 Å². The molecule has 0 bridgehead atoms. The summed E-state index contributed by atoms with van der Waals surface area (Å²) in [6.07, 6.45) is 2.02. The van der Waals surface area contributed by atoms with Crippen molar-refractivity contribution in [2.45, 2.75) is 32.3 Å². The first-order valence-electron chi connectivity index (χ1n) is 7.31. The lowest BCUT2D eigenvalue weighted by molar-refractivity contribution is -0.138. The number of β-amino-alcohol motifs (C(OH)–C–C–N with tert-alkyl or cyclic N) is 1. The van der Waals surface area contributed by atoms with E-state index in [0.717, 1.165) is 25.1 Å². The fourth-order valence-corrected chi connectivity index (χ4v) is 2.46. The molecule has 1 fully saturated rings. The number of likely N-dealkylation sites (tertiary alicyclic amines) is 1. The summed E-state index contributed by atoms with van der Waals surface area (Å²) < 4.78 is 5.62. The summed E-state index contributed by atoms with van der Waals surface area (Å²) >= 11 is 0. The number of nitrogens with zero attached hydrogens (tertiary/aromatic N) is 1. The number of benzene rings is 1. The molecule has 0 aromatic heterocycles. The van der Waals surface area contributed by atoms with E-state index in [-0.39, 0.29) is 17.9 Å². The van der Waals surface area contributed by atoms with Crippen LogP contribution in [0.25, 0.3) is 0 Å². The zero-order chi connectivity index (χ0) is 14.4. The molecule has 1 aliphatic heterocycles. The van der Waals surface area contributed by atoms with Gasteiger partial charge < -0.3 is 14.7 Å². The molecule has 1 N–H and O–H groups in total. The van der Waals surface area contributed by atoms with Gasteiger partial charge in [-0.05, 0) is 31.4 Å². The first-order valence-corrected chi connectivity index (χ1v) is 7.31. The van der Waals surface area contributed by atoms with E-state index in [1.54, 1.807) is 4.90 Å². The van der Waals surface area contributed by atoms with Crippen molar-refractivity contribution in [2.75, 3.05) is 19.7 Å². The Morgan fingerprint density at radius 2 is 2.20 bits per heavy atom. The van der Waals surface area contributed by atoms with E-state index in [4.69, 9.17) is 4.74 Å². The van der Waals surface area contributed by atoms with Crippen LogP contribution in [-0.2, 0) is 4.79 Å².